The third-order valence-electron chi connectivity index (χ3n) is 2.95. The van der Waals surface area contributed by atoms with E-state index in [1.807, 2.05) is 6.92 Å². The van der Waals surface area contributed by atoms with Crippen LogP contribution in [-0.2, 0) is 10.0 Å². The summed E-state index contributed by atoms with van der Waals surface area (Å²) in [5.41, 5.74) is 1.73. The molecule has 1 N–H and O–H groups in total. The Balaban J connectivity index is 1.85. The van der Waals surface area contributed by atoms with Crippen LogP contribution in [-0.4, -0.2) is 23.8 Å². The van der Waals surface area contributed by atoms with Crippen molar-refractivity contribution in [3.05, 3.63) is 42.5 Å². The first-order valence-electron chi connectivity index (χ1n) is 6.56. The van der Waals surface area contributed by atoms with Gasteiger partial charge in [-0.15, -0.1) is 0 Å². The third-order valence-corrected chi connectivity index (χ3v) is 4.89. The molecule has 0 aliphatic rings. The van der Waals surface area contributed by atoms with E-state index >= 15 is 0 Å². The van der Waals surface area contributed by atoms with Gasteiger partial charge < -0.3 is 4.74 Å². The van der Waals surface area contributed by atoms with E-state index in [4.69, 9.17) is 4.74 Å². The molecule has 0 unspecified atom stereocenters. The molecule has 0 aliphatic carbocycles. The summed E-state index contributed by atoms with van der Waals surface area (Å²) in [6.07, 6.45) is 0. The van der Waals surface area contributed by atoms with Gasteiger partial charge >= 0.3 is 0 Å². The van der Waals surface area contributed by atoms with E-state index in [1.165, 1.54) is 12.1 Å². The van der Waals surface area contributed by atoms with Crippen LogP contribution in [0.3, 0.4) is 0 Å². The highest BCUT2D eigenvalue weighted by molar-refractivity contribution is 7.92. The number of sulfonamides is 1. The average Bonchev–Trinajstić information content (AvgIpc) is 2.97. The van der Waals surface area contributed by atoms with Crippen molar-refractivity contribution in [2.45, 2.75) is 11.8 Å². The standard InChI is InChI=1S/C14H13N3O3S2/c1-2-20-11-5-3-10(4-6-11)17-22(18,19)12-7-8-13-14(9-12)16-21-15-13/h3-9,17H,2H2,1H3. The van der Waals surface area contributed by atoms with Crippen molar-refractivity contribution in [3.63, 3.8) is 0 Å². The van der Waals surface area contributed by atoms with Gasteiger partial charge in [0, 0.05) is 5.69 Å². The number of nitrogens with one attached hydrogen (secondary N) is 1. The van der Waals surface area contributed by atoms with Crippen LogP contribution in [0.5, 0.6) is 5.75 Å². The molecule has 0 saturated heterocycles. The summed E-state index contributed by atoms with van der Waals surface area (Å²) in [5, 5.41) is 0. The van der Waals surface area contributed by atoms with Crippen LogP contribution in [0.4, 0.5) is 5.69 Å². The zero-order chi connectivity index (χ0) is 15.6. The molecule has 22 heavy (non-hydrogen) atoms. The number of fused-ring (bicyclic) bond motifs is 1. The number of rotatable bonds is 5. The van der Waals surface area contributed by atoms with Gasteiger partial charge in [0.2, 0.25) is 0 Å². The molecule has 0 radical (unpaired) electrons. The molecule has 0 bridgehead atoms. The highest BCUT2D eigenvalue weighted by Crippen LogP contribution is 2.22. The summed E-state index contributed by atoms with van der Waals surface area (Å²) in [5.74, 6) is 0.695. The predicted molar refractivity (Wildman–Crippen MR) is 85.8 cm³/mol. The van der Waals surface area contributed by atoms with E-state index in [2.05, 4.69) is 13.5 Å². The maximum atomic E-state index is 12.4. The monoisotopic (exact) mass is 335 g/mol. The molecule has 6 nitrogen and oxygen atoms in total. The molecule has 2 aromatic carbocycles. The van der Waals surface area contributed by atoms with Crippen LogP contribution in [0.1, 0.15) is 6.92 Å². The lowest BCUT2D eigenvalue weighted by Crippen LogP contribution is -2.12. The van der Waals surface area contributed by atoms with Gasteiger partial charge in [-0.25, -0.2) is 8.42 Å². The number of aromatic nitrogens is 2. The summed E-state index contributed by atoms with van der Waals surface area (Å²) >= 11 is 1.05. The summed E-state index contributed by atoms with van der Waals surface area (Å²) in [6.45, 7) is 2.45. The Kier molecular flexibility index (Phi) is 3.95. The van der Waals surface area contributed by atoms with E-state index in [1.54, 1.807) is 30.3 Å². The Morgan fingerprint density at radius 1 is 1.09 bits per heavy atom. The molecule has 0 atom stereocenters. The molecular formula is C14H13N3O3S2. The first-order valence-corrected chi connectivity index (χ1v) is 8.78. The summed E-state index contributed by atoms with van der Waals surface area (Å²) in [7, 11) is -3.66. The second-order valence-electron chi connectivity index (χ2n) is 4.48. The van der Waals surface area contributed by atoms with Crippen molar-refractivity contribution in [1.82, 2.24) is 8.75 Å². The molecule has 0 fully saturated rings. The fourth-order valence-electron chi connectivity index (χ4n) is 1.93. The minimum Gasteiger partial charge on any atom is -0.494 e. The summed E-state index contributed by atoms with van der Waals surface area (Å²) in [4.78, 5) is 0.154. The van der Waals surface area contributed by atoms with E-state index in [0.29, 0.717) is 29.1 Å². The number of benzene rings is 2. The van der Waals surface area contributed by atoms with E-state index < -0.39 is 10.0 Å². The third kappa shape index (κ3) is 3.02. The topological polar surface area (TPSA) is 81.2 Å². The van der Waals surface area contributed by atoms with Gasteiger partial charge in [-0.3, -0.25) is 4.72 Å². The predicted octanol–water partition coefficient (Wildman–Crippen LogP) is 2.89. The molecule has 1 aromatic heterocycles. The number of ether oxygens (including phenoxy) is 1. The molecular weight excluding hydrogens is 322 g/mol. The summed E-state index contributed by atoms with van der Waals surface area (Å²) in [6, 6.07) is 11.4. The maximum absolute atomic E-state index is 12.4. The van der Waals surface area contributed by atoms with Crippen molar-refractivity contribution in [1.29, 1.82) is 0 Å². The minimum atomic E-state index is -3.66. The Morgan fingerprint density at radius 3 is 2.55 bits per heavy atom. The van der Waals surface area contributed by atoms with E-state index in [9.17, 15) is 8.42 Å². The van der Waals surface area contributed by atoms with Crippen LogP contribution in [0, 0.1) is 0 Å². The lowest BCUT2D eigenvalue weighted by atomic mass is 10.3. The van der Waals surface area contributed by atoms with Crippen molar-refractivity contribution in [2.24, 2.45) is 0 Å². The van der Waals surface area contributed by atoms with Crippen molar-refractivity contribution in [3.8, 4) is 5.75 Å². The molecule has 1 heterocycles. The molecule has 0 aliphatic heterocycles. The zero-order valence-electron chi connectivity index (χ0n) is 11.7. The van der Waals surface area contributed by atoms with Gasteiger partial charge in [-0.2, -0.15) is 8.75 Å². The summed E-state index contributed by atoms with van der Waals surface area (Å²) < 4.78 is 40.7. The second-order valence-corrected chi connectivity index (χ2v) is 6.69. The smallest absolute Gasteiger partial charge is 0.261 e. The van der Waals surface area contributed by atoms with Gasteiger partial charge in [0.1, 0.15) is 16.8 Å². The largest absolute Gasteiger partial charge is 0.494 e. The van der Waals surface area contributed by atoms with Gasteiger partial charge in [-0.1, -0.05) is 0 Å². The highest BCUT2D eigenvalue weighted by Gasteiger charge is 2.15. The first-order chi connectivity index (χ1) is 10.6. The van der Waals surface area contributed by atoms with Crippen LogP contribution in [0.15, 0.2) is 47.4 Å². The fraction of sp³-hybridized carbons (Fsp3) is 0.143. The Morgan fingerprint density at radius 2 is 1.82 bits per heavy atom. The quantitative estimate of drug-likeness (QED) is 0.775. The van der Waals surface area contributed by atoms with Crippen molar-refractivity contribution in [2.75, 3.05) is 11.3 Å². The fourth-order valence-corrected chi connectivity index (χ4v) is 3.52. The number of anilines is 1. The zero-order valence-corrected chi connectivity index (χ0v) is 13.3. The lowest BCUT2D eigenvalue weighted by Gasteiger charge is -2.09. The van der Waals surface area contributed by atoms with Gasteiger partial charge in [0.15, 0.2) is 0 Å². The van der Waals surface area contributed by atoms with Crippen LogP contribution in [0.2, 0.25) is 0 Å². The van der Waals surface area contributed by atoms with Crippen LogP contribution in [0.25, 0.3) is 11.0 Å². The molecule has 8 heteroatoms. The molecule has 114 valence electrons. The van der Waals surface area contributed by atoms with Crippen LogP contribution < -0.4 is 9.46 Å². The number of hydrogen-bond donors (Lipinski definition) is 1. The van der Waals surface area contributed by atoms with Gasteiger partial charge in [0.25, 0.3) is 10.0 Å². The Hall–Kier alpha value is -2.19. The van der Waals surface area contributed by atoms with Crippen molar-refractivity contribution < 1.29 is 13.2 Å². The van der Waals surface area contributed by atoms with Gasteiger partial charge in [0.05, 0.1) is 23.2 Å². The first kappa shape index (κ1) is 14.7. The normalized spacial score (nSPS) is 11.5. The number of hydrogen-bond acceptors (Lipinski definition) is 6. The average molecular weight is 335 g/mol. The molecule has 0 spiro atoms. The maximum Gasteiger partial charge on any atom is 0.261 e. The minimum absolute atomic E-state index is 0.154. The molecule has 3 aromatic rings. The van der Waals surface area contributed by atoms with Crippen molar-refractivity contribution >= 4 is 38.5 Å². The molecule has 0 saturated carbocycles. The SMILES string of the molecule is CCOc1ccc(NS(=O)(=O)c2ccc3nsnc3c2)cc1. The second kappa shape index (κ2) is 5.90. The Labute approximate surface area is 132 Å². The van der Waals surface area contributed by atoms with E-state index in [-0.39, 0.29) is 4.90 Å². The number of nitrogens with zero attached hydrogens (tertiary/aromatic N) is 2. The van der Waals surface area contributed by atoms with Crippen LogP contribution >= 0.6 is 11.7 Å². The lowest BCUT2D eigenvalue weighted by molar-refractivity contribution is 0.340. The molecule has 0 amide bonds. The highest BCUT2D eigenvalue weighted by atomic mass is 32.2. The Bertz CT molecular complexity index is 889. The molecule has 3 rings (SSSR count). The van der Waals surface area contributed by atoms with E-state index in [0.717, 1.165) is 11.7 Å². The van der Waals surface area contributed by atoms with Gasteiger partial charge in [-0.05, 0) is 49.4 Å².